The topological polar surface area (TPSA) is 66.5 Å². The van der Waals surface area contributed by atoms with Crippen molar-refractivity contribution < 1.29 is 26.4 Å². The number of nitrogens with one attached hydrogen (secondary N) is 1. The number of sulfonamides is 1. The van der Waals surface area contributed by atoms with Crippen LogP contribution in [0, 0.1) is 17.5 Å². The van der Waals surface area contributed by atoms with Crippen LogP contribution in [0.4, 0.5) is 24.5 Å². The minimum absolute atomic E-state index is 0.0422. The van der Waals surface area contributed by atoms with Crippen LogP contribution >= 0.6 is 0 Å². The van der Waals surface area contributed by atoms with Gasteiger partial charge in [-0.2, -0.15) is 0 Å². The van der Waals surface area contributed by atoms with Crippen molar-refractivity contribution in [3.63, 3.8) is 0 Å². The number of para-hydroxylation sites is 1. The van der Waals surface area contributed by atoms with Crippen LogP contribution in [0.2, 0.25) is 0 Å². The third kappa shape index (κ3) is 4.30. The quantitative estimate of drug-likeness (QED) is 0.878. The molecule has 0 spiro atoms. The average Bonchev–Trinajstić information content (AvgIpc) is 2.51. The van der Waals surface area contributed by atoms with Crippen molar-refractivity contribution in [3.8, 4) is 0 Å². The number of amides is 1. The van der Waals surface area contributed by atoms with E-state index in [0.717, 1.165) is 40.9 Å². The van der Waals surface area contributed by atoms with E-state index >= 15 is 0 Å². The highest BCUT2D eigenvalue weighted by Crippen LogP contribution is 2.23. The Bertz CT molecular complexity index is 866. The highest BCUT2D eigenvalue weighted by molar-refractivity contribution is 7.92. The lowest BCUT2D eigenvalue weighted by Gasteiger charge is -2.28. The van der Waals surface area contributed by atoms with Crippen LogP contribution in [0.1, 0.15) is 6.92 Å². The maximum atomic E-state index is 13.6. The molecule has 0 aliphatic rings. The first-order valence-corrected chi connectivity index (χ1v) is 8.96. The van der Waals surface area contributed by atoms with Gasteiger partial charge in [-0.1, -0.05) is 6.07 Å². The monoisotopic (exact) mass is 372 g/mol. The van der Waals surface area contributed by atoms with E-state index < -0.39 is 45.1 Å². The molecular weight excluding hydrogens is 357 g/mol. The molecule has 0 bridgehead atoms. The second-order valence-corrected chi connectivity index (χ2v) is 7.16. The van der Waals surface area contributed by atoms with Gasteiger partial charge in [0.05, 0.1) is 11.9 Å². The van der Waals surface area contributed by atoms with Crippen molar-refractivity contribution in [2.75, 3.05) is 15.9 Å². The number of rotatable bonds is 5. The number of benzene rings is 2. The zero-order chi connectivity index (χ0) is 18.8. The Morgan fingerprint density at radius 2 is 1.56 bits per heavy atom. The van der Waals surface area contributed by atoms with Crippen molar-refractivity contribution in [2.24, 2.45) is 0 Å². The van der Waals surface area contributed by atoms with Crippen LogP contribution in [0.25, 0.3) is 0 Å². The summed E-state index contributed by atoms with van der Waals surface area (Å²) in [5.41, 5.74) is -0.632. The molecule has 0 aliphatic heterocycles. The van der Waals surface area contributed by atoms with E-state index in [-0.39, 0.29) is 5.69 Å². The van der Waals surface area contributed by atoms with Gasteiger partial charge in [-0.05, 0) is 43.3 Å². The van der Waals surface area contributed by atoms with Crippen molar-refractivity contribution in [1.29, 1.82) is 0 Å². The molecule has 25 heavy (non-hydrogen) atoms. The Labute approximate surface area is 143 Å². The predicted octanol–water partition coefficient (Wildman–Crippen LogP) is 2.90. The van der Waals surface area contributed by atoms with Crippen molar-refractivity contribution in [2.45, 2.75) is 13.0 Å². The van der Waals surface area contributed by atoms with E-state index in [9.17, 15) is 26.4 Å². The van der Waals surface area contributed by atoms with Crippen LogP contribution < -0.4 is 9.62 Å². The van der Waals surface area contributed by atoms with Gasteiger partial charge in [-0.15, -0.1) is 0 Å². The lowest BCUT2D eigenvalue weighted by molar-refractivity contribution is -0.116. The predicted molar refractivity (Wildman–Crippen MR) is 88.2 cm³/mol. The van der Waals surface area contributed by atoms with E-state index in [1.807, 2.05) is 5.32 Å². The zero-order valence-corrected chi connectivity index (χ0v) is 14.1. The van der Waals surface area contributed by atoms with Gasteiger partial charge in [-0.3, -0.25) is 9.10 Å². The van der Waals surface area contributed by atoms with Crippen molar-refractivity contribution >= 4 is 27.3 Å². The lowest BCUT2D eigenvalue weighted by atomic mass is 10.2. The molecule has 5 nitrogen and oxygen atoms in total. The van der Waals surface area contributed by atoms with E-state index in [2.05, 4.69) is 0 Å². The Hall–Kier alpha value is -2.55. The van der Waals surface area contributed by atoms with Crippen LogP contribution in [-0.2, 0) is 14.8 Å². The highest BCUT2D eigenvalue weighted by atomic mass is 32.2. The van der Waals surface area contributed by atoms with Gasteiger partial charge in [0.15, 0.2) is 0 Å². The van der Waals surface area contributed by atoms with Crippen LogP contribution in [0.3, 0.4) is 0 Å². The summed E-state index contributed by atoms with van der Waals surface area (Å²) in [7, 11) is -3.93. The smallest absolute Gasteiger partial charge is 0.248 e. The summed E-state index contributed by atoms with van der Waals surface area (Å²) >= 11 is 0. The third-order valence-electron chi connectivity index (χ3n) is 3.38. The molecule has 0 saturated heterocycles. The molecule has 2 aromatic rings. The van der Waals surface area contributed by atoms with Gasteiger partial charge in [-0.25, -0.2) is 21.6 Å². The third-order valence-corrected chi connectivity index (χ3v) is 4.62. The molecule has 0 fully saturated rings. The molecule has 0 radical (unpaired) electrons. The molecular formula is C16H15F3N2O3S. The number of anilines is 2. The molecule has 1 atom stereocenters. The first-order valence-electron chi connectivity index (χ1n) is 7.11. The fourth-order valence-corrected chi connectivity index (χ4v) is 3.42. The summed E-state index contributed by atoms with van der Waals surface area (Å²) in [6.07, 6.45) is 0.865. The number of halogens is 3. The van der Waals surface area contributed by atoms with Gasteiger partial charge < -0.3 is 5.32 Å². The largest absolute Gasteiger partial charge is 0.319 e. The molecule has 0 unspecified atom stereocenters. The standard InChI is InChI=1S/C16H15F3N2O3S/c1-10(16(22)20-15-13(18)4-3-5-14(15)19)21(25(2,23)24)12-8-6-11(17)7-9-12/h3-10H,1-2H3,(H,20,22)/t10-/m0/s1. The highest BCUT2D eigenvalue weighted by Gasteiger charge is 2.30. The Morgan fingerprint density at radius 1 is 1.04 bits per heavy atom. The molecule has 1 amide bonds. The van der Waals surface area contributed by atoms with E-state index in [0.29, 0.717) is 0 Å². The molecule has 0 aromatic heterocycles. The molecule has 0 saturated carbocycles. The normalized spacial score (nSPS) is 12.5. The lowest BCUT2D eigenvalue weighted by Crippen LogP contribution is -2.45. The Morgan fingerprint density at radius 3 is 2.04 bits per heavy atom. The molecule has 134 valence electrons. The van der Waals surface area contributed by atoms with E-state index in [1.165, 1.54) is 19.1 Å². The van der Waals surface area contributed by atoms with Gasteiger partial charge >= 0.3 is 0 Å². The van der Waals surface area contributed by atoms with Crippen LogP contribution in [-0.4, -0.2) is 26.6 Å². The van der Waals surface area contributed by atoms with Gasteiger partial charge in [0.1, 0.15) is 29.2 Å². The second-order valence-electron chi connectivity index (χ2n) is 5.30. The zero-order valence-electron chi connectivity index (χ0n) is 13.3. The first-order chi connectivity index (χ1) is 11.6. The van der Waals surface area contributed by atoms with Crippen LogP contribution in [0.15, 0.2) is 42.5 Å². The molecule has 9 heteroatoms. The van der Waals surface area contributed by atoms with Gasteiger partial charge in [0.2, 0.25) is 15.9 Å². The Balaban J connectivity index is 2.35. The summed E-state index contributed by atoms with van der Waals surface area (Å²) in [5.74, 6) is -3.51. The fourth-order valence-electron chi connectivity index (χ4n) is 2.24. The molecule has 1 N–H and O–H groups in total. The number of hydrogen-bond acceptors (Lipinski definition) is 3. The minimum atomic E-state index is -3.93. The SMILES string of the molecule is C[C@@H](C(=O)Nc1c(F)cccc1F)N(c1ccc(F)cc1)S(C)(=O)=O. The fraction of sp³-hybridized carbons (Fsp3) is 0.188. The van der Waals surface area contributed by atoms with Gasteiger partial charge in [0.25, 0.3) is 0 Å². The molecule has 2 rings (SSSR count). The molecule has 0 heterocycles. The Kier molecular flexibility index (Phi) is 5.36. The summed E-state index contributed by atoms with van der Waals surface area (Å²) in [6.45, 7) is 1.25. The van der Waals surface area contributed by atoms with Crippen LogP contribution in [0.5, 0.6) is 0 Å². The molecule has 2 aromatic carbocycles. The first kappa shape index (κ1) is 18.8. The summed E-state index contributed by atoms with van der Waals surface area (Å²) in [5, 5.41) is 2.04. The van der Waals surface area contributed by atoms with E-state index in [4.69, 9.17) is 0 Å². The summed E-state index contributed by atoms with van der Waals surface area (Å²) in [4.78, 5) is 12.3. The number of carbonyl (C=O) groups excluding carboxylic acids is 1. The number of nitrogens with zero attached hydrogens (tertiary/aromatic N) is 1. The number of carbonyl (C=O) groups is 1. The average molecular weight is 372 g/mol. The van der Waals surface area contributed by atoms with E-state index in [1.54, 1.807) is 0 Å². The van der Waals surface area contributed by atoms with Gasteiger partial charge in [0, 0.05) is 0 Å². The second kappa shape index (κ2) is 7.14. The van der Waals surface area contributed by atoms with Crippen molar-refractivity contribution in [3.05, 3.63) is 59.9 Å². The summed E-state index contributed by atoms with van der Waals surface area (Å²) < 4.78 is 65.2. The maximum absolute atomic E-state index is 13.6. The van der Waals surface area contributed by atoms with Crippen molar-refractivity contribution in [1.82, 2.24) is 0 Å². The summed E-state index contributed by atoms with van der Waals surface area (Å²) in [6, 6.07) is 6.15. The molecule has 0 aliphatic carbocycles. The number of hydrogen-bond donors (Lipinski definition) is 1. The minimum Gasteiger partial charge on any atom is -0.319 e. The maximum Gasteiger partial charge on any atom is 0.248 e.